The lowest BCUT2D eigenvalue weighted by Crippen LogP contribution is -2.73. The maximum absolute atomic E-state index is 13.8. The number of fused-ring (bicyclic) bond motifs is 3. The number of amides is 2. The van der Waals surface area contributed by atoms with Crippen LogP contribution in [0.2, 0.25) is 10.0 Å². The summed E-state index contributed by atoms with van der Waals surface area (Å²) in [6.45, 7) is 1.25. The van der Waals surface area contributed by atoms with Gasteiger partial charge in [-0.3, -0.25) is 14.4 Å². The van der Waals surface area contributed by atoms with Crippen LogP contribution in [0.3, 0.4) is 0 Å². The van der Waals surface area contributed by atoms with E-state index in [1.807, 2.05) is 0 Å². The summed E-state index contributed by atoms with van der Waals surface area (Å²) in [5.74, 6) is -1.52. The molecular weight excluding hydrogens is 555 g/mol. The lowest BCUT2D eigenvalue weighted by molar-refractivity contribution is -0.128. The Morgan fingerprint density at radius 2 is 1.67 bits per heavy atom. The zero-order valence-corrected chi connectivity index (χ0v) is 22.7. The summed E-state index contributed by atoms with van der Waals surface area (Å²) in [7, 11) is 0. The van der Waals surface area contributed by atoms with Gasteiger partial charge in [-0.25, -0.2) is 8.78 Å². The summed E-state index contributed by atoms with van der Waals surface area (Å²) in [5.41, 5.74) is -1.07. The number of rotatable bonds is 11. The van der Waals surface area contributed by atoms with Crippen molar-refractivity contribution in [2.75, 3.05) is 13.2 Å². The largest absolute Gasteiger partial charge is 0.484 e. The molecule has 3 aliphatic carbocycles. The van der Waals surface area contributed by atoms with E-state index in [0.717, 1.165) is 12.1 Å². The molecule has 0 radical (unpaired) electrons. The van der Waals surface area contributed by atoms with E-state index in [2.05, 4.69) is 16.0 Å². The van der Waals surface area contributed by atoms with Crippen LogP contribution in [0.1, 0.15) is 39.0 Å². The number of hydrogen-bond acceptors (Lipinski definition) is 6. The van der Waals surface area contributed by atoms with E-state index in [0.29, 0.717) is 38.4 Å². The van der Waals surface area contributed by atoms with Crippen molar-refractivity contribution >= 4 is 41.3 Å². The Morgan fingerprint density at radius 3 is 2.26 bits per heavy atom. The molecule has 0 aliphatic heterocycles. The second-order valence-corrected chi connectivity index (χ2v) is 10.9. The summed E-state index contributed by atoms with van der Waals surface area (Å²) in [6, 6.07) is 7.55. The molecule has 0 heterocycles. The quantitative estimate of drug-likeness (QED) is 0.346. The Bertz CT molecular complexity index is 1240. The molecular formula is C27H29Cl2F2N3O5. The van der Waals surface area contributed by atoms with Crippen molar-refractivity contribution in [3.8, 4) is 11.5 Å². The summed E-state index contributed by atoms with van der Waals surface area (Å²) in [5, 5.41) is 9.40. The van der Waals surface area contributed by atoms with Gasteiger partial charge in [-0.2, -0.15) is 0 Å². The average Bonchev–Trinajstić information content (AvgIpc) is 2.90. The van der Waals surface area contributed by atoms with Gasteiger partial charge in [0.1, 0.15) is 23.1 Å². The van der Waals surface area contributed by atoms with Gasteiger partial charge in [-0.15, -0.1) is 0 Å². The van der Waals surface area contributed by atoms with Gasteiger partial charge < -0.3 is 25.4 Å². The maximum atomic E-state index is 13.8. The van der Waals surface area contributed by atoms with Gasteiger partial charge in [0.25, 0.3) is 5.91 Å². The Morgan fingerprint density at radius 1 is 1.05 bits per heavy atom. The first kappa shape index (κ1) is 29.0. The van der Waals surface area contributed by atoms with Crippen molar-refractivity contribution in [3.05, 3.63) is 58.1 Å². The van der Waals surface area contributed by atoms with E-state index >= 15 is 0 Å². The SMILES string of the molecule is CC(=O)NC1CC2(NC(=O)COc3ccc(Cl)c(F)c3)CCC1(NCC(C=O)Oc1ccc(Cl)c(F)c1)CC2. The third kappa shape index (κ3) is 6.98. The van der Waals surface area contributed by atoms with Crippen LogP contribution in [0.5, 0.6) is 11.5 Å². The Kier molecular flexibility index (Phi) is 8.98. The number of aldehydes is 1. The summed E-state index contributed by atoms with van der Waals surface area (Å²) in [4.78, 5) is 36.5. The van der Waals surface area contributed by atoms with E-state index in [1.165, 1.54) is 31.2 Å². The highest BCUT2D eigenvalue weighted by Gasteiger charge is 2.55. The maximum Gasteiger partial charge on any atom is 0.258 e. The zero-order chi connectivity index (χ0) is 28.2. The van der Waals surface area contributed by atoms with Gasteiger partial charge in [0, 0.05) is 42.7 Å². The molecule has 0 aromatic heterocycles. The second-order valence-electron chi connectivity index (χ2n) is 10.1. The van der Waals surface area contributed by atoms with Gasteiger partial charge in [-0.05, 0) is 56.4 Å². The molecule has 2 aromatic carbocycles. The molecule has 3 fully saturated rings. The molecule has 12 heteroatoms. The van der Waals surface area contributed by atoms with Crippen molar-refractivity contribution in [2.45, 2.75) is 62.3 Å². The molecule has 3 N–H and O–H groups in total. The predicted molar refractivity (Wildman–Crippen MR) is 141 cm³/mol. The van der Waals surface area contributed by atoms with E-state index in [9.17, 15) is 23.2 Å². The highest BCUT2D eigenvalue weighted by atomic mass is 35.5. The minimum atomic E-state index is -0.902. The Balaban J connectivity index is 1.38. The van der Waals surface area contributed by atoms with E-state index in [4.69, 9.17) is 32.7 Å². The number of benzene rings is 2. The molecule has 2 amide bonds. The molecule has 2 unspecified atom stereocenters. The van der Waals surface area contributed by atoms with Crippen molar-refractivity contribution in [1.29, 1.82) is 0 Å². The number of carbonyl (C=O) groups excluding carboxylic acids is 3. The topological polar surface area (TPSA) is 106 Å². The first-order valence-corrected chi connectivity index (χ1v) is 13.3. The van der Waals surface area contributed by atoms with Crippen molar-refractivity contribution < 1.29 is 32.6 Å². The molecule has 5 rings (SSSR count). The van der Waals surface area contributed by atoms with Crippen LogP contribution < -0.4 is 25.4 Å². The van der Waals surface area contributed by atoms with Gasteiger partial charge in [0.2, 0.25) is 5.91 Å². The summed E-state index contributed by atoms with van der Waals surface area (Å²) in [6.07, 6.45) is 2.69. The van der Waals surface area contributed by atoms with Crippen LogP contribution >= 0.6 is 23.2 Å². The number of ether oxygens (including phenoxy) is 2. The summed E-state index contributed by atoms with van der Waals surface area (Å²) >= 11 is 11.4. The highest BCUT2D eigenvalue weighted by molar-refractivity contribution is 6.31. The highest BCUT2D eigenvalue weighted by Crippen LogP contribution is 2.47. The molecule has 210 valence electrons. The first-order valence-electron chi connectivity index (χ1n) is 12.5. The zero-order valence-electron chi connectivity index (χ0n) is 21.2. The van der Waals surface area contributed by atoms with Crippen molar-refractivity contribution in [1.82, 2.24) is 16.0 Å². The average molecular weight is 584 g/mol. The van der Waals surface area contributed by atoms with Crippen LogP contribution in [0.4, 0.5) is 8.78 Å². The van der Waals surface area contributed by atoms with Crippen LogP contribution in [0.15, 0.2) is 36.4 Å². The minimum Gasteiger partial charge on any atom is -0.484 e. The Hall–Kier alpha value is -2.95. The summed E-state index contributed by atoms with van der Waals surface area (Å²) < 4.78 is 38.5. The molecule has 0 spiro atoms. The third-order valence-corrected chi connectivity index (χ3v) is 8.00. The lowest BCUT2D eigenvalue weighted by Gasteiger charge is -2.58. The normalized spacial score (nSPS) is 24.5. The lowest BCUT2D eigenvalue weighted by atomic mass is 9.58. The van der Waals surface area contributed by atoms with Crippen LogP contribution in [-0.4, -0.2) is 54.5 Å². The first-order chi connectivity index (χ1) is 18.5. The van der Waals surface area contributed by atoms with Gasteiger partial charge in [-0.1, -0.05) is 23.2 Å². The van der Waals surface area contributed by atoms with Crippen LogP contribution in [-0.2, 0) is 14.4 Å². The van der Waals surface area contributed by atoms with Crippen molar-refractivity contribution in [2.24, 2.45) is 0 Å². The van der Waals surface area contributed by atoms with Crippen LogP contribution in [0.25, 0.3) is 0 Å². The van der Waals surface area contributed by atoms with E-state index in [1.54, 1.807) is 0 Å². The molecule has 0 saturated heterocycles. The monoisotopic (exact) mass is 583 g/mol. The fraction of sp³-hybridized carbons (Fsp3) is 0.444. The fourth-order valence-electron chi connectivity index (χ4n) is 5.42. The second kappa shape index (κ2) is 12.1. The number of halogens is 4. The molecule has 3 saturated carbocycles. The van der Waals surface area contributed by atoms with Crippen LogP contribution in [0, 0.1) is 11.6 Å². The van der Waals surface area contributed by atoms with Gasteiger partial charge in [0.05, 0.1) is 10.0 Å². The number of nitrogens with one attached hydrogen (secondary N) is 3. The number of hydrogen-bond donors (Lipinski definition) is 3. The smallest absolute Gasteiger partial charge is 0.258 e. The fourth-order valence-corrected chi connectivity index (χ4v) is 5.65. The third-order valence-electron chi connectivity index (χ3n) is 7.39. The minimum absolute atomic E-state index is 0.0406. The molecule has 39 heavy (non-hydrogen) atoms. The number of carbonyl (C=O) groups is 3. The van der Waals surface area contributed by atoms with E-state index in [-0.39, 0.29) is 52.6 Å². The predicted octanol–water partition coefficient (Wildman–Crippen LogP) is 3.96. The van der Waals surface area contributed by atoms with E-state index < -0.39 is 28.8 Å². The Labute approximate surface area is 234 Å². The molecule has 2 aromatic rings. The molecule has 2 atom stereocenters. The van der Waals surface area contributed by atoms with Gasteiger partial charge >= 0.3 is 0 Å². The van der Waals surface area contributed by atoms with Crippen molar-refractivity contribution in [3.63, 3.8) is 0 Å². The van der Waals surface area contributed by atoms with Gasteiger partial charge in [0.15, 0.2) is 19.0 Å². The standard InChI is InChI=1S/C27H29Cl2F2N3O5/c1-16(36)33-24-12-26(34-25(37)15-38-17-2-4-20(28)22(30)10-17)6-8-27(24,9-7-26)32-13-19(14-35)39-18-3-5-21(29)23(31)11-18/h2-5,10-11,14,19,24,32H,6-9,12-13,15H2,1H3,(H,33,36)(H,34,37). The molecule has 8 nitrogen and oxygen atoms in total. The molecule has 2 bridgehead atoms. The molecule has 3 aliphatic rings.